The van der Waals surface area contributed by atoms with E-state index in [0.717, 1.165) is 17.7 Å². The first kappa shape index (κ1) is 18.9. The zero-order valence-electron chi connectivity index (χ0n) is 14.8. The standard InChI is InChI=1S/C20H24N2O2S/c1-4-17(15-9-7-6-8-10-15)21-20(25)22-18-12-11-16(13-14(18)3)19(23)24-5-2/h6-13,17H,4-5H2,1-3H3,(H2,21,22,25)/t17-/m1/s1. The van der Waals surface area contributed by atoms with E-state index in [2.05, 4.69) is 29.7 Å². The van der Waals surface area contributed by atoms with Crippen LogP contribution in [0.2, 0.25) is 0 Å². The maximum atomic E-state index is 11.8. The van der Waals surface area contributed by atoms with Gasteiger partial charge in [-0.1, -0.05) is 37.3 Å². The summed E-state index contributed by atoms with van der Waals surface area (Å²) >= 11 is 5.45. The molecule has 0 heterocycles. The maximum absolute atomic E-state index is 11.8. The SMILES string of the molecule is CCOC(=O)c1ccc(NC(=S)N[C@H](CC)c2ccccc2)c(C)c1. The van der Waals surface area contributed by atoms with Crippen LogP contribution in [-0.4, -0.2) is 17.7 Å². The van der Waals surface area contributed by atoms with Gasteiger partial charge in [0.25, 0.3) is 0 Å². The summed E-state index contributed by atoms with van der Waals surface area (Å²) < 4.78 is 5.02. The van der Waals surface area contributed by atoms with E-state index >= 15 is 0 Å². The van der Waals surface area contributed by atoms with E-state index in [1.807, 2.05) is 31.2 Å². The molecule has 0 amide bonds. The van der Waals surface area contributed by atoms with Crippen molar-refractivity contribution in [1.29, 1.82) is 0 Å². The van der Waals surface area contributed by atoms with Crippen molar-refractivity contribution in [2.45, 2.75) is 33.2 Å². The van der Waals surface area contributed by atoms with E-state index < -0.39 is 0 Å². The van der Waals surface area contributed by atoms with Crippen molar-refractivity contribution in [1.82, 2.24) is 5.32 Å². The molecule has 2 rings (SSSR count). The van der Waals surface area contributed by atoms with E-state index in [4.69, 9.17) is 17.0 Å². The molecule has 0 fully saturated rings. The summed E-state index contributed by atoms with van der Waals surface area (Å²) in [7, 11) is 0. The van der Waals surface area contributed by atoms with Crippen molar-refractivity contribution in [2.24, 2.45) is 0 Å². The number of carbonyl (C=O) groups excluding carboxylic acids is 1. The second-order valence-electron chi connectivity index (χ2n) is 5.72. The van der Waals surface area contributed by atoms with Crippen molar-refractivity contribution >= 4 is 29.0 Å². The molecule has 0 saturated carbocycles. The Morgan fingerprint density at radius 3 is 2.48 bits per heavy atom. The van der Waals surface area contributed by atoms with Crippen molar-refractivity contribution < 1.29 is 9.53 Å². The second-order valence-corrected chi connectivity index (χ2v) is 6.13. The largest absolute Gasteiger partial charge is 0.462 e. The third kappa shape index (κ3) is 5.29. The van der Waals surface area contributed by atoms with Crippen LogP contribution in [0.15, 0.2) is 48.5 Å². The third-order valence-electron chi connectivity index (χ3n) is 3.90. The monoisotopic (exact) mass is 356 g/mol. The van der Waals surface area contributed by atoms with Crippen molar-refractivity contribution in [3.8, 4) is 0 Å². The summed E-state index contributed by atoms with van der Waals surface area (Å²) in [4.78, 5) is 11.8. The summed E-state index contributed by atoms with van der Waals surface area (Å²) in [5, 5.41) is 7.11. The zero-order chi connectivity index (χ0) is 18.2. The minimum Gasteiger partial charge on any atom is -0.462 e. The van der Waals surface area contributed by atoms with Crippen molar-refractivity contribution in [3.05, 3.63) is 65.2 Å². The van der Waals surface area contributed by atoms with Crippen molar-refractivity contribution in [3.63, 3.8) is 0 Å². The Bertz CT molecular complexity index is 732. The lowest BCUT2D eigenvalue weighted by Gasteiger charge is -2.20. The van der Waals surface area contributed by atoms with Crippen molar-refractivity contribution in [2.75, 3.05) is 11.9 Å². The van der Waals surface area contributed by atoms with Gasteiger partial charge in [-0.2, -0.15) is 0 Å². The second kappa shape index (κ2) is 9.18. The molecular weight excluding hydrogens is 332 g/mol. The molecule has 132 valence electrons. The number of esters is 1. The smallest absolute Gasteiger partial charge is 0.338 e. The van der Waals surface area contributed by atoms with Gasteiger partial charge < -0.3 is 15.4 Å². The molecule has 1 atom stereocenters. The number of rotatable bonds is 6. The fourth-order valence-electron chi connectivity index (χ4n) is 2.57. The lowest BCUT2D eigenvalue weighted by molar-refractivity contribution is 0.0526. The van der Waals surface area contributed by atoms with Gasteiger partial charge in [0, 0.05) is 5.69 Å². The molecule has 0 aromatic heterocycles. The first-order chi connectivity index (χ1) is 12.0. The van der Waals surface area contributed by atoms with Gasteiger partial charge in [-0.05, 0) is 61.8 Å². The summed E-state index contributed by atoms with van der Waals surface area (Å²) in [5.41, 5.74) is 3.54. The Kier molecular flexibility index (Phi) is 6.95. The zero-order valence-corrected chi connectivity index (χ0v) is 15.7. The molecule has 5 heteroatoms. The van der Waals surface area contributed by atoms with Gasteiger partial charge in [0.05, 0.1) is 18.2 Å². The van der Waals surface area contributed by atoms with E-state index in [-0.39, 0.29) is 12.0 Å². The lowest BCUT2D eigenvalue weighted by atomic mass is 10.1. The molecule has 4 nitrogen and oxygen atoms in total. The highest BCUT2D eigenvalue weighted by atomic mass is 32.1. The van der Waals surface area contributed by atoms with Gasteiger partial charge in [0.15, 0.2) is 5.11 Å². The quantitative estimate of drug-likeness (QED) is 0.585. The Labute approximate surface area is 154 Å². The number of benzene rings is 2. The normalized spacial score (nSPS) is 11.5. The molecule has 0 spiro atoms. The molecule has 0 bridgehead atoms. The molecule has 0 unspecified atom stereocenters. The number of aryl methyl sites for hydroxylation is 1. The molecule has 0 aliphatic rings. The van der Waals surface area contributed by atoms with Crippen LogP contribution in [0.25, 0.3) is 0 Å². The van der Waals surface area contributed by atoms with E-state index in [0.29, 0.717) is 17.3 Å². The van der Waals surface area contributed by atoms with Gasteiger partial charge >= 0.3 is 5.97 Å². The third-order valence-corrected chi connectivity index (χ3v) is 4.12. The predicted octanol–water partition coefficient (Wildman–Crippen LogP) is 4.61. The summed E-state index contributed by atoms with van der Waals surface area (Å²) in [5.74, 6) is -0.312. The Balaban J connectivity index is 2.03. The summed E-state index contributed by atoms with van der Waals surface area (Å²) in [6, 6.07) is 15.8. The summed E-state index contributed by atoms with van der Waals surface area (Å²) in [6.07, 6.45) is 0.923. The topological polar surface area (TPSA) is 50.4 Å². The van der Waals surface area contributed by atoms with E-state index in [1.165, 1.54) is 5.56 Å². The molecule has 25 heavy (non-hydrogen) atoms. The molecule has 2 aromatic rings. The van der Waals surface area contributed by atoms with Crippen LogP contribution in [0, 0.1) is 6.92 Å². The Morgan fingerprint density at radius 1 is 1.16 bits per heavy atom. The maximum Gasteiger partial charge on any atom is 0.338 e. The molecule has 0 saturated heterocycles. The number of anilines is 1. The number of hydrogen-bond donors (Lipinski definition) is 2. The number of thiocarbonyl (C=S) groups is 1. The average molecular weight is 356 g/mol. The van der Waals surface area contributed by atoms with E-state index in [1.54, 1.807) is 19.1 Å². The van der Waals surface area contributed by atoms with Gasteiger partial charge in [-0.3, -0.25) is 0 Å². The predicted molar refractivity (Wildman–Crippen MR) is 106 cm³/mol. The molecule has 2 aromatic carbocycles. The first-order valence-electron chi connectivity index (χ1n) is 8.45. The first-order valence-corrected chi connectivity index (χ1v) is 8.86. The molecule has 0 aliphatic heterocycles. The minimum atomic E-state index is -0.312. The van der Waals surface area contributed by atoms with Crippen LogP contribution in [0.4, 0.5) is 5.69 Å². The van der Waals surface area contributed by atoms with Gasteiger partial charge in [0.2, 0.25) is 0 Å². The lowest BCUT2D eigenvalue weighted by Crippen LogP contribution is -2.32. The average Bonchev–Trinajstić information content (AvgIpc) is 2.62. The van der Waals surface area contributed by atoms with E-state index in [9.17, 15) is 4.79 Å². The molecule has 2 N–H and O–H groups in total. The highest BCUT2D eigenvalue weighted by Gasteiger charge is 2.12. The van der Waals surface area contributed by atoms with Crippen LogP contribution in [0.1, 0.15) is 47.8 Å². The van der Waals surface area contributed by atoms with Crippen LogP contribution in [0.5, 0.6) is 0 Å². The van der Waals surface area contributed by atoms with Crippen LogP contribution >= 0.6 is 12.2 Å². The highest BCUT2D eigenvalue weighted by Crippen LogP contribution is 2.19. The fraction of sp³-hybridized carbons (Fsp3) is 0.300. The molecule has 0 radical (unpaired) electrons. The molecular formula is C20H24N2O2S. The molecule has 0 aliphatic carbocycles. The number of hydrogen-bond acceptors (Lipinski definition) is 3. The van der Waals surface area contributed by atoms with Crippen LogP contribution in [-0.2, 0) is 4.74 Å². The van der Waals surface area contributed by atoms with Gasteiger partial charge in [-0.15, -0.1) is 0 Å². The fourth-order valence-corrected chi connectivity index (χ4v) is 2.82. The van der Waals surface area contributed by atoms with Crippen LogP contribution < -0.4 is 10.6 Å². The Morgan fingerprint density at radius 2 is 1.88 bits per heavy atom. The van der Waals surface area contributed by atoms with Gasteiger partial charge in [0.1, 0.15) is 0 Å². The van der Waals surface area contributed by atoms with Gasteiger partial charge in [-0.25, -0.2) is 4.79 Å². The minimum absolute atomic E-state index is 0.153. The number of nitrogens with one attached hydrogen (secondary N) is 2. The summed E-state index contributed by atoms with van der Waals surface area (Å²) in [6.45, 7) is 6.21. The Hall–Kier alpha value is -2.40. The highest BCUT2D eigenvalue weighted by molar-refractivity contribution is 7.80. The number of carbonyl (C=O) groups is 1. The van der Waals surface area contributed by atoms with Crippen LogP contribution in [0.3, 0.4) is 0 Å². The number of ether oxygens (including phenoxy) is 1.